The summed E-state index contributed by atoms with van der Waals surface area (Å²) in [7, 11) is 2.09. The van der Waals surface area contributed by atoms with E-state index in [1.54, 1.807) is 0 Å². The normalized spacial score (nSPS) is 10.9. The summed E-state index contributed by atoms with van der Waals surface area (Å²) in [5.41, 5.74) is 1.34. The van der Waals surface area contributed by atoms with Gasteiger partial charge in [0.1, 0.15) is 0 Å². The fourth-order valence-corrected chi connectivity index (χ4v) is 1.95. The van der Waals surface area contributed by atoms with Gasteiger partial charge in [-0.1, -0.05) is 34.1 Å². The molecule has 0 radical (unpaired) electrons. The first-order valence-electron chi connectivity index (χ1n) is 5.27. The molecule has 0 aliphatic heterocycles. The molecular formula is C12H18BrNO. The molecule has 0 bridgehead atoms. The zero-order valence-corrected chi connectivity index (χ0v) is 10.7. The predicted octanol–water partition coefficient (Wildman–Crippen LogP) is 2.31. The molecule has 84 valence electrons. The van der Waals surface area contributed by atoms with Gasteiger partial charge in [0.15, 0.2) is 0 Å². The van der Waals surface area contributed by atoms with Gasteiger partial charge in [-0.2, -0.15) is 0 Å². The minimum Gasteiger partial charge on any atom is -0.396 e. The number of hydrogen-bond donors (Lipinski definition) is 1. The molecule has 0 aliphatic rings. The van der Waals surface area contributed by atoms with E-state index < -0.39 is 0 Å². The van der Waals surface area contributed by atoms with Crippen LogP contribution in [0.1, 0.15) is 12.0 Å². The average Bonchev–Trinajstić information content (AvgIpc) is 2.25. The van der Waals surface area contributed by atoms with Gasteiger partial charge in [-0.3, -0.25) is 0 Å². The van der Waals surface area contributed by atoms with Crippen LogP contribution in [0, 0.1) is 0 Å². The van der Waals surface area contributed by atoms with Gasteiger partial charge in [-0.25, -0.2) is 0 Å². The molecule has 15 heavy (non-hydrogen) atoms. The van der Waals surface area contributed by atoms with Crippen molar-refractivity contribution in [3.05, 3.63) is 34.3 Å². The molecule has 0 saturated carbocycles. The number of rotatable bonds is 6. The van der Waals surface area contributed by atoms with E-state index in [-0.39, 0.29) is 6.61 Å². The van der Waals surface area contributed by atoms with E-state index in [0.29, 0.717) is 0 Å². The van der Waals surface area contributed by atoms with Crippen molar-refractivity contribution < 1.29 is 5.11 Å². The largest absolute Gasteiger partial charge is 0.396 e. The molecule has 1 aromatic carbocycles. The number of aliphatic hydroxyl groups is 1. The second-order valence-electron chi connectivity index (χ2n) is 3.72. The van der Waals surface area contributed by atoms with Gasteiger partial charge in [-0.05, 0) is 31.5 Å². The van der Waals surface area contributed by atoms with Crippen LogP contribution in [0.3, 0.4) is 0 Å². The lowest BCUT2D eigenvalue weighted by molar-refractivity contribution is 0.248. The van der Waals surface area contributed by atoms with Crippen molar-refractivity contribution in [1.29, 1.82) is 0 Å². The Balaban J connectivity index is 2.33. The highest BCUT2D eigenvalue weighted by Crippen LogP contribution is 2.16. The highest BCUT2D eigenvalue weighted by Gasteiger charge is 2.01. The molecule has 0 fully saturated rings. The van der Waals surface area contributed by atoms with Crippen molar-refractivity contribution in [2.45, 2.75) is 12.8 Å². The summed E-state index contributed by atoms with van der Waals surface area (Å²) in [6.07, 6.45) is 1.90. The van der Waals surface area contributed by atoms with Crippen LogP contribution in [0.15, 0.2) is 28.7 Å². The van der Waals surface area contributed by atoms with Crippen molar-refractivity contribution in [3.63, 3.8) is 0 Å². The maximum absolute atomic E-state index is 8.71. The van der Waals surface area contributed by atoms with E-state index in [2.05, 4.69) is 46.1 Å². The fourth-order valence-electron chi connectivity index (χ4n) is 1.46. The summed E-state index contributed by atoms with van der Waals surface area (Å²) in [6.45, 7) is 2.27. The van der Waals surface area contributed by atoms with Crippen LogP contribution in [-0.4, -0.2) is 36.8 Å². The summed E-state index contributed by atoms with van der Waals surface area (Å²) < 4.78 is 1.18. The molecule has 1 N–H and O–H groups in total. The van der Waals surface area contributed by atoms with E-state index in [1.807, 2.05) is 6.07 Å². The number of benzene rings is 1. The van der Waals surface area contributed by atoms with Gasteiger partial charge < -0.3 is 10.0 Å². The van der Waals surface area contributed by atoms with Crippen LogP contribution in [0.5, 0.6) is 0 Å². The Morgan fingerprint density at radius 3 is 2.67 bits per heavy atom. The second-order valence-corrected chi connectivity index (χ2v) is 4.58. The van der Waals surface area contributed by atoms with Crippen LogP contribution >= 0.6 is 15.9 Å². The first-order chi connectivity index (χ1) is 7.24. The molecule has 0 aliphatic carbocycles. The minimum absolute atomic E-state index is 0.277. The molecule has 2 nitrogen and oxygen atoms in total. The van der Waals surface area contributed by atoms with E-state index in [0.717, 1.165) is 25.9 Å². The van der Waals surface area contributed by atoms with Crippen molar-refractivity contribution in [1.82, 2.24) is 4.90 Å². The predicted molar refractivity (Wildman–Crippen MR) is 67.0 cm³/mol. The van der Waals surface area contributed by atoms with Crippen LogP contribution in [0.2, 0.25) is 0 Å². The number of halogens is 1. The molecule has 0 saturated heterocycles. The summed E-state index contributed by atoms with van der Waals surface area (Å²) in [5, 5.41) is 8.71. The Bertz CT molecular complexity index is 291. The van der Waals surface area contributed by atoms with Gasteiger partial charge >= 0.3 is 0 Å². The number of aliphatic hydroxyl groups excluding tert-OH is 1. The van der Waals surface area contributed by atoms with Crippen molar-refractivity contribution in [2.75, 3.05) is 26.7 Å². The average molecular weight is 272 g/mol. The molecule has 3 heteroatoms. The Kier molecular flexibility index (Phi) is 5.91. The maximum Gasteiger partial charge on any atom is 0.0443 e. The SMILES string of the molecule is CN(CCCO)CCc1ccccc1Br. The summed E-state index contributed by atoms with van der Waals surface area (Å²) in [6, 6.07) is 8.31. The smallest absolute Gasteiger partial charge is 0.0443 e. The third-order valence-corrected chi connectivity index (χ3v) is 3.19. The minimum atomic E-state index is 0.277. The third-order valence-electron chi connectivity index (χ3n) is 2.42. The van der Waals surface area contributed by atoms with Gasteiger partial charge in [0.05, 0.1) is 0 Å². The Hall–Kier alpha value is -0.380. The maximum atomic E-state index is 8.71. The number of likely N-dealkylation sites (N-methyl/N-ethyl adjacent to an activating group) is 1. The standard InChI is InChI=1S/C12H18BrNO/c1-14(8-4-10-15)9-7-11-5-2-3-6-12(11)13/h2-3,5-6,15H,4,7-10H2,1H3. The van der Waals surface area contributed by atoms with Crippen molar-refractivity contribution in [3.8, 4) is 0 Å². The molecule has 0 unspecified atom stereocenters. The van der Waals surface area contributed by atoms with Gasteiger partial charge in [0.2, 0.25) is 0 Å². The Morgan fingerprint density at radius 2 is 2.00 bits per heavy atom. The second kappa shape index (κ2) is 6.99. The van der Waals surface area contributed by atoms with Crippen molar-refractivity contribution in [2.24, 2.45) is 0 Å². The fraction of sp³-hybridized carbons (Fsp3) is 0.500. The van der Waals surface area contributed by atoms with Crippen LogP contribution in [0.4, 0.5) is 0 Å². The zero-order valence-electron chi connectivity index (χ0n) is 9.12. The molecule has 1 rings (SSSR count). The summed E-state index contributed by atoms with van der Waals surface area (Å²) in [5.74, 6) is 0. The molecule has 1 aromatic rings. The summed E-state index contributed by atoms with van der Waals surface area (Å²) in [4.78, 5) is 2.25. The highest BCUT2D eigenvalue weighted by atomic mass is 79.9. The van der Waals surface area contributed by atoms with E-state index in [4.69, 9.17) is 5.11 Å². The van der Waals surface area contributed by atoms with E-state index in [9.17, 15) is 0 Å². The first-order valence-corrected chi connectivity index (χ1v) is 6.06. The molecule has 0 heterocycles. The van der Waals surface area contributed by atoms with Gasteiger partial charge in [0.25, 0.3) is 0 Å². The number of hydrogen-bond acceptors (Lipinski definition) is 2. The van der Waals surface area contributed by atoms with Crippen molar-refractivity contribution >= 4 is 15.9 Å². The quantitative estimate of drug-likeness (QED) is 0.859. The lowest BCUT2D eigenvalue weighted by Gasteiger charge is -2.16. The van der Waals surface area contributed by atoms with Gasteiger partial charge in [-0.15, -0.1) is 0 Å². The molecule has 0 atom stereocenters. The molecular weight excluding hydrogens is 254 g/mol. The topological polar surface area (TPSA) is 23.5 Å². The van der Waals surface area contributed by atoms with Crippen LogP contribution in [0.25, 0.3) is 0 Å². The van der Waals surface area contributed by atoms with Crippen LogP contribution < -0.4 is 0 Å². The number of nitrogens with zero attached hydrogens (tertiary/aromatic N) is 1. The Morgan fingerprint density at radius 1 is 1.27 bits per heavy atom. The highest BCUT2D eigenvalue weighted by molar-refractivity contribution is 9.10. The lowest BCUT2D eigenvalue weighted by Crippen LogP contribution is -2.23. The Labute approximate surface area is 100 Å². The van der Waals surface area contributed by atoms with E-state index >= 15 is 0 Å². The van der Waals surface area contributed by atoms with Gasteiger partial charge in [0, 0.05) is 24.2 Å². The third kappa shape index (κ3) is 4.78. The van der Waals surface area contributed by atoms with E-state index in [1.165, 1.54) is 10.0 Å². The molecule has 0 spiro atoms. The molecule has 0 aromatic heterocycles. The summed E-state index contributed by atoms with van der Waals surface area (Å²) >= 11 is 3.54. The monoisotopic (exact) mass is 271 g/mol. The molecule has 0 amide bonds. The lowest BCUT2D eigenvalue weighted by atomic mass is 10.1. The first kappa shape index (κ1) is 12.7. The zero-order chi connectivity index (χ0) is 11.1. The van der Waals surface area contributed by atoms with Crippen LogP contribution in [-0.2, 0) is 6.42 Å².